The van der Waals surface area contributed by atoms with E-state index in [0.717, 1.165) is 6.07 Å². The van der Waals surface area contributed by atoms with E-state index in [0.29, 0.717) is 47.5 Å². The summed E-state index contributed by atoms with van der Waals surface area (Å²) in [5, 5.41) is 9.47. The van der Waals surface area contributed by atoms with Crippen LogP contribution in [0.1, 0.15) is 48.9 Å². The molecular weight excluding hydrogens is 401 g/mol. The first-order valence-electron chi connectivity index (χ1n) is 10.2. The summed E-state index contributed by atoms with van der Waals surface area (Å²) in [5.41, 5.74) is 7.47. The molecule has 0 spiro atoms. The molecule has 2 amide bonds. The molecule has 2 heterocycles. The fraction of sp³-hybridized carbons (Fsp3) is 0.348. The lowest BCUT2D eigenvalue weighted by molar-refractivity contribution is 0.0794. The Morgan fingerprint density at radius 3 is 2.68 bits per heavy atom. The summed E-state index contributed by atoms with van der Waals surface area (Å²) in [6, 6.07) is 9.27. The highest BCUT2D eigenvalue weighted by Crippen LogP contribution is 2.36. The molecule has 2 atom stereocenters. The lowest BCUT2D eigenvalue weighted by Gasteiger charge is -2.39. The maximum atomic E-state index is 14.5. The summed E-state index contributed by atoms with van der Waals surface area (Å²) in [7, 11) is 0. The van der Waals surface area contributed by atoms with Crippen LogP contribution in [0.15, 0.2) is 40.8 Å². The van der Waals surface area contributed by atoms with Crippen LogP contribution in [0.2, 0.25) is 0 Å². The van der Waals surface area contributed by atoms with Crippen molar-refractivity contribution < 1.29 is 23.5 Å². The van der Waals surface area contributed by atoms with Gasteiger partial charge in [0.25, 0.3) is 0 Å². The minimum atomic E-state index is -0.899. The number of oxazole rings is 1. The van der Waals surface area contributed by atoms with Gasteiger partial charge >= 0.3 is 6.09 Å². The van der Waals surface area contributed by atoms with Crippen LogP contribution in [0.3, 0.4) is 0 Å². The zero-order valence-electron chi connectivity index (χ0n) is 17.3. The number of hydrogen-bond acceptors (Lipinski definition) is 4. The summed E-state index contributed by atoms with van der Waals surface area (Å²) in [6.45, 7) is 4.46. The molecule has 0 bridgehead atoms. The molecule has 1 aromatic heterocycles. The number of piperidine rings is 1. The fourth-order valence-electron chi connectivity index (χ4n) is 4.28. The number of rotatable bonds is 4. The highest BCUT2D eigenvalue weighted by molar-refractivity contribution is 5.93. The molecule has 3 aromatic rings. The van der Waals surface area contributed by atoms with Crippen LogP contribution in [-0.2, 0) is 0 Å². The van der Waals surface area contributed by atoms with Crippen molar-refractivity contribution in [3.05, 3.63) is 53.7 Å². The molecule has 4 rings (SSSR count). The maximum Gasteiger partial charge on any atom is 0.407 e. The van der Waals surface area contributed by atoms with Gasteiger partial charge in [-0.05, 0) is 48.6 Å². The van der Waals surface area contributed by atoms with Crippen LogP contribution in [0.4, 0.5) is 9.18 Å². The molecule has 7 nitrogen and oxygen atoms in total. The zero-order chi connectivity index (χ0) is 22.3. The minimum absolute atomic E-state index is 0.0189. The van der Waals surface area contributed by atoms with Crippen molar-refractivity contribution in [2.24, 2.45) is 11.7 Å². The largest absolute Gasteiger partial charge is 0.465 e. The average Bonchev–Trinajstić information content (AvgIpc) is 3.16. The van der Waals surface area contributed by atoms with Crippen LogP contribution in [0, 0.1) is 11.7 Å². The number of nitrogens with zero attached hydrogens (tertiary/aromatic N) is 2. The minimum Gasteiger partial charge on any atom is -0.465 e. The summed E-state index contributed by atoms with van der Waals surface area (Å²) < 4.78 is 20.5. The first-order chi connectivity index (χ1) is 14.7. The van der Waals surface area contributed by atoms with Crippen molar-refractivity contribution in [1.82, 2.24) is 9.88 Å². The summed E-state index contributed by atoms with van der Waals surface area (Å²) >= 11 is 0. The van der Waals surface area contributed by atoms with Gasteiger partial charge in [0.2, 0.25) is 5.91 Å². The highest BCUT2D eigenvalue weighted by atomic mass is 19.1. The molecule has 1 fully saturated rings. The van der Waals surface area contributed by atoms with Gasteiger partial charge in [-0.25, -0.2) is 14.2 Å². The molecule has 31 heavy (non-hydrogen) atoms. The second-order valence-corrected chi connectivity index (χ2v) is 8.30. The quantitative estimate of drug-likeness (QED) is 0.634. The van der Waals surface area contributed by atoms with E-state index in [2.05, 4.69) is 4.98 Å². The topological polar surface area (TPSA) is 110 Å². The third-order valence-corrected chi connectivity index (χ3v) is 5.98. The Hall–Kier alpha value is -3.42. The van der Waals surface area contributed by atoms with Crippen molar-refractivity contribution in [3.63, 3.8) is 0 Å². The van der Waals surface area contributed by atoms with Gasteiger partial charge < -0.3 is 20.2 Å². The van der Waals surface area contributed by atoms with Gasteiger partial charge in [-0.15, -0.1) is 0 Å². The number of benzene rings is 2. The third kappa shape index (κ3) is 3.97. The van der Waals surface area contributed by atoms with Crippen molar-refractivity contribution in [2.75, 3.05) is 6.54 Å². The van der Waals surface area contributed by atoms with E-state index in [-0.39, 0.29) is 23.4 Å². The second kappa shape index (κ2) is 8.02. The summed E-state index contributed by atoms with van der Waals surface area (Å²) in [4.78, 5) is 28.9. The number of fused-ring (bicyclic) bond motifs is 1. The van der Waals surface area contributed by atoms with Crippen LogP contribution in [-0.4, -0.2) is 39.6 Å². The van der Waals surface area contributed by atoms with E-state index in [1.807, 2.05) is 13.8 Å². The predicted octanol–water partition coefficient (Wildman–Crippen LogP) is 4.61. The first-order valence-corrected chi connectivity index (χ1v) is 10.2. The number of carbonyl (C=O) groups excluding carboxylic acids is 1. The van der Waals surface area contributed by atoms with E-state index in [4.69, 9.17) is 10.2 Å². The summed E-state index contributed by atoms with van der Waals surface area (Å²) in [6.07, 6.45) is 0.384. The Balaban J connectivity index is 1.63. The Morgan fingerprint density at radius 1 is 1.26 bits per heavy atom. The van der Waals surface area contributed by atoms with E-state index in [9.17, 15) is 19.1 Å². The van der Waals surface area contributed by atoms with Gasteiger partial charge in [-0.2, -0.15) is 0 Å². The molecule has 0 aliphatic carbocycles. The number of carboxylic acid groups (broad SMARTS) is 1. The highest BCUT2D eigenvalue weighted by Gasteiger charge is 2.36. The molecule has 1 aliphatic heterocycles. The number of amides is 2. The van der Waals surface area contributed by atoms with Crippen molar-refractivity contribution in [2.45, 2.75) is 38.6 Å². The van der Waals surface area contributed by atoms with Gasteiger partial charge in [-0.1, -0.05) is 26.0 Å². The monoisotopic (exact) mass is 425 g/mol. The smallest absolute Gasteiger partial charge is 0.407 e. The summed E-state index contributed by atoms with van der Waals surface area (Å²) in [5.74, 6) is -0.449. The predicted molar refractivity (Wildman–Crippen MR) is 113 cm³/mol. The SMILES string of the molecule is CC(C)C1CC(c2nc3cc(-c4ccc(C(N)=O)cc4F)ccc3o2)CCN1C(=O)O. The molecular formula is C23H24FN3O4. The van der Waals surface area contributed by atoms with E-state index >= 15 is 0 Å². The Morgan fingerprint density at radius 2 is 2.03 bits per heavy atom. The number of primary amides is 1. The van der Waals surface area contributed by atoms with Crippen LogP contribution in [0.25, 0.3) is 22.2 Å². The molecule has 1 aliphatic rings. The zero-order valence-corrected chi connectivity index (χ0v) is 17.3. The molecule has 3 N–H and O–H groups in total. The molecule has 8 heteroatoms. The number of hydrogen-bond donors (Lipinski definition) is 2. The van der Waals surface area contributed by atoms with Gasteiger partial charge in [0.05, 0.1) is 0 Å². The van der Waals surface area contributed by atoms with Gasteiger partial charge in [0.15, 0.2) is 11.5 Å². The van der Waals surface area contributed by atoms with Crippen LogP contribution < -0.4 is 5.73 Å². The van der Waals surface area contributed by atoms with Crippen LogP contribution in [0.5, 0.6) is 0 Å². The van der Waals surface area contributed by atoms with Crippen molar-refractivity contribution >= 4 is 23.1 Å². The standard InChI is InChI=1S/C23H24FN3O4/c1-12(2)19-11-15(7-8-27(19)23(29)30)22-26-18-10-13(4-6-20(18)31-22)16-5-3-14(21(25)28)9-17(16)24/h3-6,9-10,12,15,19H,7-8,11H2,1-2H3,(H2,25,28)(H,29,30). The number of halogens is 1. The lowest BCUT2D eigenvalue weighted by Crippen LogP contribution is -2.47. The molecule has 0 radical (unpaired) electrons. The Labute approximate surface area is 178 Å². The normalized spacial score (nSPS) is 19.2. The van der Waals surface area contributed by atoms with E-state index < -0.39 is 17.8 Å². The van der Waals surface area contributed by atoms with Crippen molar-refractivity contribution in [1.29, 1.82) is 0 Å². The van der Waals surface area contributed by atoms with E-state index in [1.165, 1.54) is 17.0 Å². The van der Waals surface area contributed by atoms with Gasteiger partial charge in [-0.3, -0.25) is 4.79 Å². The molecule has 0 saturated carbocycles. The van der Waals surface area contributed by atoms with Crippen molar-refractivity contribution in [3.8, 4) is 11.1 Å². The molecule has 2 aromatic carbocycles. The second-order valence-electron chi connectivity index (χ2n) is 8.30. The average molecular weight is 425 g/mol. The third-order valence-electron chi connectivity index (χ3n) is 5.98. The van der Waals surface area contributed by atoms with Crippen LogP contribution >= 0.6 is 0 Å². The first kappa shape index (κ1) is 20.8. The Bertz CT molecular complexity index is 1160. The lowest BCUT2D eigenvalue weighted by atomic mass is 9.85. The number of carbonyl (C=O) groups is 2. The Kier molecular flexibility index (Phi) is 5.39. The van der Waals surface area contributed by atoms with Gasteiger partial charge in [0.1, 0.15) is 11.3 Å². The number of aromatic nitrogens is 1. The maximum absolute atomic E-state index is 14.5. The molecule has 162 valence electrons. The molecule has 2 unspecified atom stereocenters. The molecule has 1 saturated heterocycles. The fourth-order valence-corrected chi connectivity index (χ4v) is 4.28. The van der Waals surface area contributed by atoms with E-state index in [1.54, 1.807) is 18.2 Å². The number of nitrogens with two attached hydrogens (primary N) is 1. The van der Waals surface area contributed by atoms with Gasteiger partial charge in [0, 0.05) is 29.6 Å². The number of likely N-dealkylation sites (tertiary alicyclic amines) is 1.